The molecule has 21 heavy (non-hydrogen) atoms. The van der Waals surface area contributed by atoms with Gasteiger partial charge >= 0.3 is 5.97 Å². The third-order valence-electron chi connectivity index (χ3n) is 2.81. The van der Waals surface area contributed by atoms with Crippen LogP contribution in [0.2, 0.25) is 5.02 Å². The standard InChI is InChI=1S/C15H14ClNO3S/c1-3-20-15(19)13-9(2)21-8-12(13)17-14(18)10-4-6-11(16)7-5-10/h4-8H,3H2,1-2H3,(H,17,18). The van der Waals surface area contributed by atoms with Gasteiger partial charge in [-0.05, 0) is 38.1 Å². The van der Waals surface area contributed by atoms with E-state index in [0.29, 0.717) is 28.4 Å². The molecule has 6 heteroatoms. The van der Waals surface area contributed by atoms with E-state index < -0.39 is 5.97 Å². The molecule has 4 nitrogen and oxygen atoms in total. The zero-order valence-corrected chi connectivity index (χ0v) is 13.2. The highest BCUT2D eigenvalue weighted by atomic mass is 35.5. The van der Waals surface area contributed by atoms with Crippen LogP contribution in [0.25, 0.3) is 0 Å². The Morgan fingerprint density at radius 2 is 1.95 bits per heavy atom. The van der Waals surface area contributed by atoms with Crippen molar-refractivity contribution in [3.05, 3.63) is 50.7 Å². The first-order chi connectivity index (χ1) is 10.0. The van der Waals surface area contributed by atoms with Gasteiger partial charge in [0, 0.05) is 20.8 Å². The number of thiophene rings is 1. The number of nitrogens with one attached hydrogen (secondary N) is 1. The summed E-state index contributed by atoms with van der Waals surface area (Å²) in [5.74, 6) is -0.724. The van der Waals surface area contributed by atoms with Gasteiger partial charge in [0.05, 0.1) is 17.9 Å². The molecule has 1 amide bonds. The van der Waals surface area contributed by atoms with Gasteiger partial charge in [-0.2, -0.15) is 0 Å². The third-order valence-corrected chi connectivity index (χ3v) is 3.97. The molecule has 1 aromatic carbocycles. The molecule has 0 saturated carbocycles. The van der Waals surface area contributed by atoms with Crippen LogP contribution < -0.4 is 5.32 Å². The summed E-state index contributed by atoms with van der Waals surface area (Å²) in [4.78, 5) is 24.9. The van der Waals surface area contributed by atoms with E-state index in [2.05, 4.69) is 5.32 Å². The summed E-state index contributed by atoms with van der Waals surface area (Å²) in [7, 11) is 0. The Morgan fingerprint density at radius 1 is 1.29 bits per heavy atom. The Balaban J connectivity index is 2.22. The number of aryl methyl sites for hydroxylation is 1. The minimum Gasteiger partial charge on any atom is -0.462 e. The first-order valence-electron chi connectivity index (χ1n) is 6.35. The highest BCUT2D eigenvalue weighted by Crippen LogP contribution is 2.28. The molecular weight excluding hydrogens is 310 g/mol. The number of carbonyl (C=O) groups is 2. The Labute approximate surface area is 131 Å². The van der Waals surface area contributed by atoms with E-state index >= 15 is 0 Å². The van der Waals surface area contributed by atoms with Crippen LogP contribution >= 0.6 is 22.9 Å². The molecule has 1 N–H and O–H groups in total. The average molecular weight is 324 g/mol. The third kappa shape index (κ3) is 3.62. The van der Waals surface area contributed by atoms with E-state index in [1.165, 1.54) is 11.3 Å². The summed E-state index contributed by atoms with van der Waals surface area (Å²) in [5, 5.41) is 5.03. The molecule has 0 spiro atoms. The van der Waals surface area contributed by atoms with E-state index in [9.17, 15) is 9.59 Å². The maximum Gasteiger partial charge on any atom is 0.341 e. The molecule has 0 atom stereocenters. The van der Waals surface area contributed by atoms with Crippen molar-refractivity contribution in [2.24, 2.45) is 0 Å². The number of ether oxygens (including phenoxy) is 1. The van der Waals surface area contributed by atoms with Crippen molar-refractivity contribution in [3.8, 4) is 0 Å². The lowest BCUT2D eigenvalue weighted by Crippen LogP contribution is -2.15. The fourth-order valence-electron chi connectivity index (χ4n) is 1.80. The number of benzene rings is 1. The van der Waals surface area contributed by atoms with Gasteiger partial charge in [-0.3, -0.25) is 4.79 Å². The minimum absolute atomic E-state index is 0.290. The molecule has 2 aromatic rings. The van der Waals surface area contributed by atoms with Gasteiger partial charge < -0.3 is 10.1 Å². The van der Waals surface area contributed by atoms with Crippen LogP contribution in [0, 0.1) is 6.92 Å². The zero-order valence-electron chi connectivity index (χ0n) is 11.6. The quantitative estimate of drug-likeness (QED) is 0.860. The van der Waals surface area contributed by atoms with Crippen LogP contribution in [0.1, 0.15) is 32.5 Å². The van der Waals surface area contributed by atoms with Gasteiger partial charge in [0.25, 0.3) is 5.91 Å². The lowest BCUT2D eigenvalue weighted by atomic mass is 10.2. The van der Waals surface area contributed by atoms with Crippen LogP contribution in [0.3, 0.4) is 0 Å². The maximum atomic E-state index is 12.2. The number of carbonyl (C=O) groups excluding carboxylic acids is 2. The summed E-state index contributed by atoms with van der Waals surface area (Å²) in [6, 6.07) is 6.53. The molecule has 0 unspecified atom stereocenters. The second-order valence-electron chi connectivity index (χ2n) is 4.26. The number of hydrogen-bond donors (Lipinski definition) is 1. The van der Waals surface area contributed by atoms with Gasteiger partial charge in [-0.25, -0.2) is 4.79 Å². The predicted molar refractivity (Wildman–Crippen MR) is 84.4 cm³/mol. The monoisotopic (exact) mass is 323 g/mol. The summed E-state index contributed by atoms with van der Waals surface area (Å²) < 4.78 is 5.01. The average Bonchev–Trinajstić information content (AvgIpc) is 2.80. The lowest BCUT2D eigenvalue weighted by molar-refractivity contribution is 0.0527. The smallest absolute Gasteiger partial charge is 0.341 e. The zero-order chi connectivity index (χ0) is 15.4. The normalized spacial score (nSPS) is 10.2. The number of rotatable bonds is 4. The highest BCUT2D eigenvalue weighted by molar-refractivity contribution is 7.10. The number of halogens is 1. The molecule has 0 bridgehead atoms. The lowest BCUT2D eigenvalue weighted by Gasteiger charge is -2.07. The summed E-state index contributed by atoms with van der Waals surface area (Å²) in [6.45, 7) is 3.85. The predicted octanol–water partition coefficient (Wildman–Crippen LogP) is 4.14. The fraction of sp³-hybridized carbons (Fsp3) is 0.200. The molecule has 0 aliphatic carbocycles. The van der Waals surface area contributed by atoms with Crippen molar-refractivity contribution >= 4 is 40.5 Å². The van der Waals surface area contributed by atoms with E-state index in [-0.39, 0.29) is 5.91 Å². The van der Waals surface area contributed by atoms with E-state index in [0.717, 1.165) is 4.88 Å². The molecule has 110 valence electrons. The first-order valence-corrected chi connectivity index (χ1v) is 7.60. The molecule has 1 heterocycles. The largest absolute Gasteiger partial charge is 0.462 e. The van der Waals surface area contributed by atoms with E-state index in [1.807, 2.05) is 6.92 Å². The van der Waals surface area contributed by atoms with Gasteiger partial charge in [-0.15, -0.1) is 11.3 Å². The molecular formula is C15H14ClNO3S. The van der Waals surface area contributed by atoms with Crippen molar-refractivity contribution in [1.82, 2.24) is 0 Å². The number of anilines is 1. The van der Waals surface area contributed by atoms with Gasteiger partial charge in [0.15, 0.2) is 0 Å². The van der Waals surface area contributed by atoms with Crippen LogP contribution in [0.5, 0.6) is 0 Å². The number of esters is 1. The van der Waals surface area contributed by atoms with Crippen LogP contribution in [-0.2, 0) is 4.74 Å². The molecule has 0 saturated heterocycles. The van der Waals surface area contributed by atoms with Crippen LogP contribution in [0.4, 0.5) is 5.69 Å². The minimum atomic E-state index is -0.428. The van der Waals surface area contributed by atoms with Crippen LogP contribution in [-0.4, -0.2) is 18.5 Å². The second kappa shape index (κ2) is 6.74. The Kier molecular flexibility index (Phi) is 4.98. The van der Waals surface area contributed by atoms with Crippen LogP contribution in [0.15, 0.2) is 29.6 Å². The van der Waals surface area contributed by atoms with Crippen molar-refractivity contribution in [1.29, 1.82) is 0 Å². The number of hydrogen-bond acceptors (Lipinski definition) is 4. The molecule has 0 aliphatic heterocycles. The Hall–Kier alpha value is -1.85. The molecule has 0 aliphatic rings. The first kappa shape index (κ1) is 15.5. The summed E-state index contributed by atoms with van der Waals surface area (Å²) in [6.07, 6.45) is 0. The van der Waals surface area contributed by atoms with E-state index in [4.69, 9.17) is 16.3 Å². The van der Waals surface area contributed by atoms with E-state index in [1.54, 1.807) is 36.6 Å². The van der Waals surface area contributed by atoms with Crippen molar-refractivity contribution < 1.29 is 14.3 Å². The van der Waals surface area contributed by atoms with Gasteiger partial charge in [0.2, 0.25) is 0 Å². The fourth-order valence-corrected chi connectivity index (χ4v) is 2.71. The SMILES string of the molecule is CCOC(=O)c1c(NC(=O)c2ccc(Cl)cc2)csc1C. The van der Waals surface area contributed by atoms with Crippen molar-refractivity contribution in [3.63, 3.8) is 0 Å². The topological polar surface area (TPSA) is 55.4 Å². The molecule has 0 radical (unpaired) electrons. The van der Waals surface area contributed by atoms with Gasteiger partial charge in [-0.1, -0.05) is 11.6 Å². The highest BCUT2D eigenvalue weighted by Gasteiger charge is 2.19. The Morgan fingerprint density at radius 3 is 2.57 bits per heavy atom. The van der Waals surface area contributed by atoms with Crippen molar-refractivity contribution in [2.75, 3.05) is 11.9 Å². The summed E-state index contributed by atoms with van der Waals surface area (Å²) >= 11 is 7.18. The second-order valence-corrected chi connectivity index (χ2v) is 5.78. The molecule has 2 rings (SSSR count). The summed E-state index contributed by atoms with van der Waals surface area (Å²) in [5.41, 5.74) is 1.35. The number of amides is 1. The Bertz CT molecular complexity index is 664. The molecule has 0 fully saturated rings. The van der Waals surface area contributed by atoms with Gasteiger partial charge in [0.1, 0.15) is 0 Å². The molecule has 1 aromatic heterocycles. The van der Waals surface area contributed by atoms with Crippen molar-refractivity contribution in [2.45, 2.75) is 13.8 Å². The maximum absolute atomic E-state index is 12.2.